The third-order valence-electron chi connectivity index (χ3n) is 4.11. The van der Waals surface area contributed by atoms with Gasteiger partial charge in [0.25, 0.3) is 0 Å². The Hall–Kier alpha value is -3.55. The zero-order chi connectivity index (χ0) is 19.9. The zero-order valence-electron chi connectivity index (χ0n) is 15.7. The average molecular weight is 383 g/mol. The van der Waals surface area contributed by atoms with Gasteiger partial charge < -0.3 is 13.7 Å². The molecule has 2 amide bonds. The molecule has 28 heavy (non-hydrogen) atoms. The minimum Gasteiger partial charge on any atom is -0.486 e. The molecule has 0 unspecified atom stereocenters. The van der Waals surface area contributed by atoms with Crippen LogP contribution in [0.15, 0.2) is 51.4 Å². The first kappa shape index (κ1) is 19.2. The topological polar surface area (TPSA) is 107 Å². The maximum atomic E-state index is 12.1. The average Bonchev–Trinajstić information content (AvgIpc) is 3.30. The van der Waals surface area contributed by atoms with E-state index in [2.05, 4.69) is 16.0 Å². The van der Waals surface area contributed by atoms with E-state index in [1.54, 1.807) is 13.0 Å². The van der Waals surface area contributed by atoms with Crippen LogP contribution in [0.3, 0.4) is 0 Å². The van der Waals surface area contributed by atoms with Crippen molar-refractivity contribution in [2.75, 3.05) is 0 Å². The van der Waals surface area contributed by atoms with Gasteiger partial charge in [-0.1, -0.05) is 23.4 Å². The predicted octanol–water partition coefficient (Wildman–Crippen LogP) is 2.86. The van der Waals surface area contributed by atoms with Crippen LogP contribution in [0, 0.1) is 13.8 Å². The summed E-state index contributed by atoms with van der Waals surface area (Å²) in [6.07, 6.45) is 0.669. The Morgan fingerprint density at radius 3 is 2.57 bits per heavy atom. The van der Waals surface area contributed by atoms with Gasteiger partial charge in [-0.3, -0.25) is 20.4 Å². The Morgan fingerprint density at radius 1 is 1.07 bits per heavy atom. The van der Waals surface area contributed by atoms with Crippen LogP contribution in [0.4, 0.5) is 0 Å². The molecule has 1 aromatic carbocycles. The summed E-state index contributed by atoms with van der Waals surface area (Å²) in [5.74, 6) is 1.10. The van der Waals surface area contributed by atoms with Gasteiger partial charge in [0.05, 0.1) is 5.69 Å². The highest BCUT2D eigenvalue weighted by Crippen LogP contribution is 2.15. The molecule has 0 fully saturated rings. The minimum atomic E-state index is -0.545. The van der Waals surface area contributed by atoms with E-state index in [0.717, 1.165) is 11.3 Å². The summed E-state index contributed by atoms with van der Waals surface area (Å²) >= 11 is 0. The van der Waals surface area contributed by atoms with Crippen molar-refractivity contribution in [2.45, 2.75) is 33.3 Å². The maximum Gasteiger partial charge on any atom is 0.305 e. The van der Waals surface area contributed by atoms with Crippen molar-refractivity contribution >= 4 is 11.8 Å². The number of nitrogens with zero attached hydrogens (tertiary/aromatic N) is 1. The van der Waals surface area contributed by atoms with Gasteiger partial charge in [0.15, 0.2) is 5.76 Å². The number of furan rings is 1. The van der Waals surface area contributed by atoms with Gasteiger partial charge in [-0.2, -0.15) is 0 Å². The van der Waals surface area contributed by atoms with E-state index >= 15 is 0 Å². The number of rotatable bonds is 7. The van der Waals surface area contributed by atoms with Crippen LogP contribution in [0.5, 0.6) is 5.75 Å². The van der Waals surface area contributed by atoms with Crippen molar-refractivity contribution in [3.8, 4) is 5.75 Å². The first-order chi connectivity index (χ1) is 13.5. The van der Waals surface area contributed by atoms with Gasteiger partial charge in [0.1, 0.15) is 23.9 Å². The van der Waals surface area contributed by atoms with Crippen molar-refractivity contribution in [3.63, 3.8) is 0 Å². The highest BCUT2D eigenvalue weighted by atomic mass is 16.5. The molecule has 3 rings (SSSR count). The quantitative estimate of drug-likeness (QED) is 0.608. The molecule has 0 radical (unpaired) electrons. The Balaban J connectivity index is 1.43. The highest BCUT2D eigenvalue weighted by Gasteiger charge is 2.14. The number of ether oxygens (including phenoxy) is 1. The molecule has 0 atom stereocenters. The first-order valence-corrected chi connectivity index (χ1v) is 8.80. The Labute approximate surface area is 161 Å². The number of hydrogen-bond donors (Lipinski definition) is 2. The molecule has 3 aromatic rings. The van der Waals surface area contributed by atoms with Crippen molar-refractivity contribution in [1.29, 1.82) is 0 Å². The Kier molecular flexibility index (Phi) is 6.11. The molecule has 0 spiro atoms. The number of hydrogen-bond acceptors (Lipinski definition) is 6. The number of carbonyl (C=O) groups is 2. The summed E-state index contributed by atoms with van der Waals surface area (Å²) in [6, 6.07) is 12.5. The number of para-hydroxylation sites is 1. The largest absolute Gasteiger partial charge is 0.486 e. The van der Waals surface area contributed by atoms with Gasteiger partial charge in [-0.25, -0.2) is 0 Å². The number of hydrazine groups is 1. The van der Waals surface area contributed by atoms with Gasteiger partial charge in [-0.05, 0) is 44.5 Å². The number of aromatic nitrogens is 1. The number of aryl methyl sites for hydroxylation is 2. The molecule has 2 N–H and O–H groups in total. The third-order valence-corrected chi connectivity index (χ3v) is 4.11. The van der Waals surface area contributed by atoms with E-state index in [1.165, 1.54) is 6.07 Å². The molecule has 2 heterocycles. The number of benzene rings is 1. The molecule has 0 bridgehead atoms. The summed E-state index contributed by atoms with van der Waals surface area (Å²) in [7, 11) is 0. The van der Waals surface area contributed by atoms with E-state index in [-0.39, 0.29) is 24.7 Å². The van der Waals surface area contributed by atoms with Crippen LogP contribution in [-0.4, -0.2) is 17.0 Å². The highest BCUT2D eigenvalue weighted by molar-refractivity contribution is 5.92. The SMILES string of the molecule is Cc1noc(C)c1CCC(=O)NNC(=O)c1ccc(COc2ccccc2)o1. The summed E-state index contributed by atoms with van der Waals surface area (Å²) < 4.78 is 16.1. The van der Waals surface area contributed by atoms with Crippen LogP contribution in [0.1, 0.15) is 39.8 Å². The summed E-state index contributed by atoms with van der Waals surface area (Å²) in [4.78, 5) is 24.0. The van der Waals surface area contributed by atoms with Crippen molar-refractivity contribution < 1.29 is 23.3 Å². The molecular formula is C20H21N3O5. The third kappa shape index (κ3) is 5.00. The number of nitrogens with one attached hydrogen (secondary N) is 2. The second-order valence-corrected chi connectivity index (χ2v) is 6.17. The van der Waals surface area contributed by atoms with Crippen LogP contribution in [-0.2, 0) is 17.8 Å². The van der Waals surface area contributed by atoms with Crippen molar-refractivity contribution in [3.05, 3.63) is 71.0 Å². The lowest BCUT2D eigenvalue weighted by atomic mass is 10.1. The van der Waals surface area contributed by atoms with E-state index in [4.69, 9.17) is 13.7 Å². The summed E-state index contributed by atoms with van der Waals surface area (Å²) in [6.45, 7) is 3.81. The molecule has 0 saturated carbocycles. The Morgan fingerprint density at radius 2 is 1.86 bits per heavy atom. The lowest BCUT2D eigenvalue weighted by molar-refractivity contribution is -0.121. The monoisotopic (exact) mass is 383 g/mol. The zero-order valence-corrected chi connectivity index (χ0v) is 15.7. The molecule has 0 aliphatic carbocycles. The van der Waals surface area contributed by atoms with Gasteiger partial charge in [0.2, 0.25) is 5.91 Å². The number of carbonyl (C=O) groups excluding carboxylic acids is 2. The second kappa shape index (κ2) is 8.90. The lowest BCUT2D eigenvalue weighted by Gasteiger charge is -2.06. The van der Waals surface area contributed by atoms with Crippen LogP contribution < -0.4 is 15.6 Å². The molecule has 0 aliphatic heterocycles. The minimum absolute atomic E-state index is 0.0812. The van der Waals surface area contributed by atoms with Gasteiger partial charge in [-0.15, -0.1) is 0 Å². The van der Waals surface area contributed by atoms with Crippen LogP contribution >= 0.6 is 0 Å². The molecule has 0 saturated heterocycles. The summed E-state index contributed by atoms with van der Waals surface area (Å²) in [5, 5.41) is 3.85. The van der Waals surface area contributed by atoms with Gasteiger partial charge in [0, 0.05) is 12.0 Å². The van der Waals surface area contributed by atoms with Crippen LogP contribution in [0.2, 0.25) is 0 Å². The van der Waals surface area contributed by atoms with E-state index in [1.807, 2.05) is 37.3 Å². The standard InChI is InChI=1S/C20H21N3O5/c1-13-17(14(2)28-23-13)9-11-19(24)21-22-20(25)18-10-8-16(27-18)12-26-15-6-4-3-5-7-15/h3-8,10H,9,11-12H2,1-2H3,(H,21,24)(H,22,25). The lowest BCUT2D eigenvalue weighted by Crippen LogP contribution is -2.41. The molecule has 2 aromatic heterocycles. The fourth-order valence-electron chi connectivity index (χ4n) is 2.60. The van der Waals surface area contributed by atoms with Gasteiger partial charge >= 0.3 is 5.91 Å². The maximum absolute atomic E-state index is 12.1. The molecule has 8 nitrogen and oxygen atoms in total. The fraction of sp³-hybridized carbons (Fsp3) is 0.250. The van der Waals surface area contributed by atoms with Crippen molar-refractivity contribution in [2.24, 2.45) is 0 Å². The normalized spacial score (nSPS) is 10.5. The molecular weight excluding hydrogens is 362 g/mol. The van der Waals surface area contributed by atoms with E-state index in [9.17, 15) is 9.59 Å². The van der Waals surface area contributed by atoms with E-state index in [0.29, 0.717) is 23.7 Å². The van der Waals surface area contributed by atoms with E-state index < -0.39 is 5.91 Å². The Bertz CT molecular complexity index is 926. The predicted molar refractivity (Wildman–Crippen MR) is 99.4 cm³/mol. The molecule has 0 aliphatic rings. The first-order valence-electron chi connectivity index (χ1n) is 8.80. The van der Waals surface area contributed by atoms with Crippen LogP contribution in [0.25, 0.3) is 0 Å². The smallest absolute Gasteiger partial charge is 0.305 e. The molecule has 8 heteroatoms. The molecule has 146 valence electrons. The fourth-order valence-corrected chi connectivity index (χ4v) is 2.60. The summed E-state index contributed by atoms with van der Waals surface area (Å²) in [5.41, 5.74) is 6.36. The number of amides is 2. The van der Waals surface area contributed by atoms with Crippen molar-refractivity contribution in [1.82, 2.24) is 16.0 Å². The second-order valence-electron chi connectivity index (χ2n) is 6.17.